The van der Waals surface area contributed by atoms with Gasteiger partial charge in [-0.05, 0) is 50.2 Å². The molecule has 2 aromatic heterocycles. The Labute approximate surface area is 151 Å². The number of nitrogens with one attached hydrogen (secondary N) is 2. The maximum absolute atomic E-state index is 12.4. The highest BCUT2D eigenvalue weighted by Crippen LogP contribution is 2.32. The van der Waals surface area contributed by atoms with E-state index in [0.29, 0.717) is 24.7 Å². The molecule has 0 spiro atoms. The summed E-state index contributed by atoms with van der Waals surface area (Å²) in [5.41, 5.74) is 1.93. The normalized spacial score (nSPS) is 17.2. The number of aromatic nitrogens is 3. The smallest absolute Gasteiger partial charge is 0.261 e. The van der Waals surface area contributed by atoms with Crippen LogP contribution in [-0.4, -0.2) is 27.6 Å². The van der Waals surface area contributed by atoms with Gasteiger partial charge in [0.2, 0.25) is 5.89 Å². The van der Waals surface area contributed by atoms with Crippen LogP contribution in [0.3, 0.4) is 0 Å². The number of aryl methyl sites for hydroxylation is 2. The van der Waals surface area contributed by atoms with Crippen LogP contribution in [0.25, 0.3) is 0 Å². The number of H-pyrrole nitrogens is 1. The number of hydrogen-bond acceptors (Lipinski definition) is 5. The van der Waals surface area contributed by atoms with Gasteiger partial charge in [0.15, 0.2) is 5.82 Å². The van der Waals surface area contributed by atoms with Crippen molar-refractivity contribution in [1.82, 2.24) is 20.4 Å². The van der Waals surface area contributed by atoms with Crippen LogP contribution in [0.15, 0.2) is 15.4 Å². The van der Waals surface area contributed by atoms with Crippen molar-refractivity contribution in [3.05, 3.63) is 45.0 Å². The summed E-state index contributed by atoms with van der Waals surface area (Å²) in [7, 11) is 0. The van der Waals surface area contributed by atoms with Crippen LogP contribution in [0.2, 0.25) is 0 Å². The van der Waals surface area contributed by atoms with Crippen molar-refractivity contribution in [2.75, 3.05) is 6.54 Å². The molecule has 1 fully saturated rings. The van der Waals surface area contributed by atoms with Crippen LogP contribution >= 0.6 is 0 Å². The highest BCUT2D eigenvalue weighted by Gasteiger charge is 2.23. The molecule has 2 aliphatic rings. The monoisotopic (exact) mass is 356 g/mol. The summed E-state index contributed by atoms with van der Waals surface area (Å²) in [6.45, 7) is 0.374. The van der Waals surface area contributed by atoms with Gasteiger partial charge >= 0.3 is 0 Å². The number of rotatable bonds is 5. The standard InChI is InChI=1S/C19H24N4O3/c24-17(14-11-13-7-3-4-8-15(13)21-18(14)25)20-10-9-16-22-19(26-23-16)12-5-1-2-6-12/h11-12H,1-10H2,(H,20,24)(H,21,25). The van der Waals surface area contributed by atoms with Gasteiger partial charge in [-0.2, -0.15) is 4.98 Å². The zero-order valence-electron chi connectivity index (χ0n) is 14.8. The number of carbonyl (C=O) groups excluding carboxylic acids is 1. The zero-order chi connectivity index (χ0) is 17.9. The quantitative estimate of drug-likeness (QED) is 0.856. The minimum Gasteiger partial charge on any atom is -0.351 e. The van der Waals surface area contributed by atoms with Gasteiger partial charge < -0.3 is 14.8 Å². The number of amides is 1. The summed E-state index contributed by atoms with van der Waals surface area (Å²) in [4.78, 5) is 31.8. The maximum atomic E-state index is 12.4. The van der Waals surface area contributed by atoms with Gasteiger partial charge in [0.1, 0.15) is 5.56 Å². The van der Waals surface area contributed by atoms with Gasteiger partial charge in [0, 0.05) is 24.6 Å². The molecular formula is C19H24N4O3. The van der Waals surface area contributed by atoms with E-state index in [4.69, 9.17) is 4.52 Å². The van der Waals surface area contributed by atoms with Crippen LogP contribution in [-0.2, 0) is 19.3 Å². The van der Waals surface area contributed by atoms with Crippen LogP contribution in [0.4, 0.5) is 0 Å². The molecule has 2 aliphatic carbocycles. The molecule has 1 amide bonds. The highest BCUT2D eigenvalue weighted by molar-refractivity contribution is 5.94. The molecule has 0 aliphatic heterocycles. The molecule has 0 radical (unpaired) electrons. The predicted molar refractivity (Wildman–Crippen MR) is 95.2 cm³/mol. The molecule has 0 bridgehead atoms. The fraction of sp³-hybridized carbons (Fsp3) is 0.579. The van der Waals surface area contributed by atoms with E-state index >= 15 is 0 Å². The fourth-order valence-corrected chi connectivity index (χ4v) is 3.93. The SMILES string of the molecule is O=C(NCCc1noc(C2CCCC2)n1)c1cc2c([nH]c1=O)CCCC2. The van der Waals surface area contributed by atoms with Gasteiger partial charge in [0.25, 0.3) is 11.5 Å². The largest absolute Gasteiger partial charge is 0.351 e. The van der Waals surface area contributed by atoms with Crippen LogP contribution < -0.4 is 10.9 Å². The molecule has 7 nitrogen and oxygen atoms in total. The van der Waals surface area contributed by atoms with Crippen molar-refractivity contribution in [3.8, 4) is 0 Å². The topological polar surface area (TPSA) is 101 Å². The molecule has 0 unspecified atom stereocenters. The Morgan fingerprint density at radius 1 is 1.23 bits per heavy atom. The van der Waals surface area contributed by atoms with Crippen molar-refractivity contribution < 1.29 is 9.32 Å². The molecule has 7 heteroatoms. The third-order valence-corrected chi connectivity index (χ3v) is 5.41. The number of hydrogen-bond donors (Lipinski definition) is 2. The van der Waals surface area contributed by atoms with Crippen molar-refractivity contribution in [1.29, 1.82) is 0 Å². The van der Waals surface area contributed by atoms with Crippen LogP contribution in [0, 0.1) is 0 Å². The van der Waals surface area contributed by atoms with Gasteiger partial charge in [-0.15, -0.1) is 0 Å². The molecule has 2 N–H and O–H groups in total. The summed E-state index contributed by atoms with van der Waals surface area (Å²) >= 11 is 0. The van der Waals surface area contributed by atoms with Gasteiger partial charge in [0.05, 0.1) is 0 Å². The Morgan fingerprint density at radius 2 is 2.04 bits per heavy atom. The lowest BCUT2D eigenvalue weighted by Gasteiger charge is -2.15. The summed E-state index contributed by atoms with van der Waals surface area (Å²) in [5, 5.41) is 6.79. The number of aromatic amines is 1. The summed E-state index contributed by atoms with van der Waals surface area (Å²) in [5.74, 6) is 1.36. The minimum absolute atomic E-state index is 0.186. The lowest BCUT2D eigenvalue weighted by molar-refractivity contribution is 0.0952. The second-order valence-electron chi connectivity index (χ2n) is 7.26. The van der Waals surface area contributed by atoms with Crippen molar-refractivity contribution in [3.63, 3.8) is 0 Å². The van der Waals surface area contributed by atoms with Crippen molar-refractivity contribution >= 4 is 5.91 Å². The fourth-order valence-electron chi connectivity index (χ4n) is 3.93. The first-order valence-corrected chi connectivity index (χ1v) is 9.56. The third kappa shape index (κ3) is 3.57. The van der Waals surface area contributed by atoms with Gasteiger partial charge in [-0.3, -0.25) is 9.59 Å². The second kappa shape index (κ2) is 7.43. The lowest BCUT2D eigenvalue weighted by Crippen LogP contribution is -2.32. The number of carbonyl (C=O) groups is 1. The van der Waals surface area contributed by atoms with Crippen molar-refractivity contribution in [2.24, 2.45) is 0 Å². The number of pyridine rings is 1. The lowest BCUT2D eigenvalue weighted by atomic mass is 9.95. The van der Waals surface area contributed by atoms with E-state index in [1.807, 2.05) is 0 Å². The van der Waals surface area contributed by atoms with E-state index in [2.05, 4.69) is 20.4 Å². The zero-order valence-corrected chi connectivity index (χ0v) is 14.8. The predicted octanol–water partition coefficient (Wildman–Crippen LogP) is 2.27. The summed E-state index contributed by atoms with van der Waals surface area (Å²) < 4.78 is 5.34. The Morgan fingerprint density at radius 3 is 2.88 bits per heavy atom. The van der Waals surface area contributed by atoms with E-state index in [1.54, 1.807) is 6.07 Å². The summed E-state index contributed by atoms with van der Waals surface area (Å²) in [6, 6.07) is 1.75. The first kappa shape index (κ1) is 17.0. The van der Waals surface area contributed by atoms with E-state index in [-0.39, 0.29) is 17.0 Å². The average Bonchev–Trinajstić information content (AvgIpc) is 3.32. The Balaban J connectivity index is 1.35. The van der Waals surface area contributed by atoms with E-state index in [0.717, 1.165) is 55.7 Å². The molecule has 0 atom stereocenters. The minimum atomic E-state index is -0.348. The van der Waals surface area contributed by atoms with E-state index < -0.39 is 0 Å². The first-order chi connectivity index (χ1) is 12.7. The van der Waals surface area contributed by atoms with Gasteiger partial charge in [-0.25, -0.2) is 0 Å². The maximum Gasteiger partial charge on any atom is 0.261 e. The first-order valence-electron chi connectivity index (χ1n) is 9.56. The second-order valence-corrected chi connectivity index (χ2v) is 7.26. The third-order valence-electron chi connectivity index (χ3n) is 5.41. The highest BCUT2D eigenvalue weighted by atomic mass is 16.5. The van der Waals surface area contributed by atoms with E-state index in [1.165, 1.54) is 12.8 Å². The van der Waals surface area contributed by atoms with Crippen molar-refractivity contribution in [2.45, 2.75) is 63.7 Å². The average molecular weight is 356 g/mol. The molecule has 4 rings (SSSR count). The van der Waals surface area contributed by atoms with Crippen LogP contribution in [0.5, 0.6) is 0 Å². The number of fused-ring (bicyclic) bond motifs is 1. The van der Waals surface area contributed by atoms with Gasteiger partial charge in [-0.1, -0.05) is 18.0 Å². The molecule has 1 saturated carbocycles. The van der Waals surface area contributed by atoms with E-state index in [9.17, 15) is 9.59 Å². The molecule has 0 saturated heterocycles. The molecule has 2 aromatic rings. The molecule has 0 aromatic carbocycles. The Kier molecular flexibility index (Phi) is 4.86. The molecule has 26 heavy (non-hydrogen) atoms. The Bertz CT molecular complexity index is 849. The Hall–Kier alpha value is -2.44. The summed E-state index contributed by atoms with van der Waals surface area (Å²) in [6.07, 6.45) is 9.13. The molecule has 138 valence electrons. The molecular weight excluding hydrogens is 332 g/mol. The number of nitrogens with zero attached hydrogens (tertiary/aromatic N) is 2. The molecule has 2 heterocycles. The van der Waals surface area contributed by atoms with Crippen LogP contribution in [0.1, 0.15) is 77.8 Å².